The van der Waals surface area contributed by atoms with E-state index in [1.807, 2.05) is 18.2 Å². The molecule has 0 N–H and O–H groups in total. The number of ether oxygens (including phenoxy) is 2. The van der Waals surface area contributed by atoms with Gasteiger partial charge >= 0.3 is 0 Å². The number of para-hydroxylation sites is 1. The van der Waals surface area contributed by atoms with E-state index in [2.05, 4.69) is 0 Å². The molecule has 0 bridgehead atoms. The minimum Gasteiger partial charge on any atom is -0.493 e. The molecule has 1 fully saturated rings. The molecule has 2 aromatic rings. The van der Waals surface area contributed by atoms with E-state index in [0.717, 1.165) is 5.56 Å². The van der Waals surface area contributed by atoms with Crippen molar-refractivity contribution in [1.82, 2.24) is 4.90 Å². The summed E-state index contributed by atoms with van der Waals surface area (Å²) in [6.07, 6.45) is 0.730. The molecule has 1 saturated heterocycles. The first kappa shape index (κ1) is 20.6. The highest BCUT2D eigenvalue weighted by atomic mass is 19.1. The first-order chi connectivity index (χ1) is 13.9. The molecule has 0 radical (unpaired) electrons. The van der Waals surface area contributed by atoms with Crippen LogP contribution in [0, 0.1) is 11.7 Å². The highest BCUT2D eigenvalue weighted by molar-refractivity contribution is 6.00. The number of amides is 2. The fourth-order valence-corrected chi connectivity index (χ4v) is 3.53. The molecule has 1 heterocycles. The Labute approximate surface area is 169 Å². The third-order valence-electron chi connectivity index (χ3n) is 5.18. The van der Waals surface area contributed by atoms with Crippen molar-refractivity contribution in [3.8, 4) is 11.5 Å². The van der Waals surface area contributed by atoms with Crippen LogP contribution in [0.1, 0.15) is 12.0 Å². The minimum absolute atomic E-state index is 0.0911. The maximum atomic E-state index is 14.0. The van der Waals surface area contributed by atoms with Gasteiger partial charge in [0.2, 0.25) is 11.8 Å². The molecule has 1 aliphatic heterocycles. The third-order valence-corrected chi connectivity index (χ3v) is 5.18. The molecule has 7 heteroatoms. The zero-order valence-electron chi connectivity index (χ0n) is 16.9. The lowest BCUT2D eigenvalue weighted by atomic mass is 10.1. The highest BCUT2D eigenvalue weighted by Crippen LogP contribution is 2.29. The second kappa shape index (κ2) is 8.94. The Balaban J connectivity index is 1.61. The maximum Gasteiger partial charge on any atom is 0.227 e. The smallest absolute Gasteiger partial charge is 0.227 e. The normalized spacial score (nSPS) is 16.1. The molecule has 29 heavy (non-hydrogen) atoms. The summed E-state index contributed by atoms with van der Waals surface area (Å²) >= 11 is 0. The Morgan fingerprint density at radius 1 is 1.17 bits per heavy atom. The first-order valence-corrected chi connectivity index (χ1v) is 9.45. The standard InChI is InChI=1S/C22H25FN2O4/c1-24(11-10-15-8-9-19(28-2)20(12-15)29-3)22(27)16-13-21(26)25(14-16)18-7-5-4-6-17(18)23/h4-9,12,16H,10-11,13-14H2,1-3H3. The monoisotopic (exact) mass is 400 g/mol. The molecule has 1 aliphatic rings. The quantitative estimate of drug-likeness (QED) is 0.717. The van der Waals surface area contributed by atoms with Gasteiger partial charge in [-0.25, -0.2) is 4.39 Å². The molecule has 0 spiro atoms. The molecule has 0 aliphatic carbocycles. The second-order valence-corrected chi connectivity index (χ2v) is 7.06. The van der Waals surface area contributed by atoms with Crippen LogP contribution in [0.2, 0.25) is 0 Å². The number of carbonyl (C=O) groups is 2. The van der Waals surface area contributed by atoms with E-state index in [1.165, 1.54) is 11.0 Å². The summed E-state index contributed by atoms with van der Waals surface area (Å²) in [7, 11) is 4.88. The van der Waals surface area contributed by atoms with E-state index in [-0.39, 0.29) is 30.5 Å². The summed E-state index contributed by atoms with van der Waals surface area (Å²) in [6, 6.07) is 11.8. The molecule has 3 rings (SSSR count). The lowest BCUT2D eigenvalue weighted by molar-refractivity contribution is -0.134. The van der Waals surface area contributed by atoms with Gasteiger partial charge in [0.05, 0.1) is 25.8 Å². The largest absolute Gasteiger partial charge is 0.493 e. The highest BCUT2D eigenvalue weighted by Gasteiger charge is 2.37. The fourth-order valence-electron chi connectivity index (χ4n) is 3.53. The van der Waals surface area contributed by atoms with Crippen LogP contribution in [0.15, 0.2) is 42.5 Å². The van der Waals surface area contributed by atoms with Crippen LogP contribution in [-0.4, -0.2) is 51.1 Å². The summed E-state index contributed by atoms with van der Waals surface area (Å²) in [5.41, 5.74) is 1.23. The van der Waals surface area contributed by atoms with Crippen molar-refractivity contribution in [2.24, 2.45) is 5.92 Å². The molecule has 154 valence electrons. The van der Waals surface area contributed by atoms with Crippen molar-refractivity contribution in [2.75, 3.05) is 39.3 Å². The van der Waals surface area contributed by atoms with E-state index < -0.39 is 11.7 Å². The molecule has 2 amide bonds. The average molecular weight is 400 g/mol. The number of hydrogen-bond donors (Lipinski definition) is 0. The van der Waals surface area contributed by atoms with E-state index in [0.29, 0.717) is 24.5 Å². The van der Waals surface area contributed by atoms with Crippen LogP contribution < -0.4 is 14.4 Å². The predicted octanol–water partition coefficient (Wildman–Crippen LogP) is 2.90. The summed E-state index contributed by atoms with van der Waals surface area (Å²) in [5, 5.41) is 0. The van der Waals surface area contributed by atoms with Gasteiger partial charge in [-0.3, -0.25) is 9.59 Å². The van der Waals surface area contributed by atoms with Gasteiger partial charge in [-0.2, -0.15) is 0 Å². The van der Waals surface area contributed by atoms with Crippen LogP contribution in [0.25, 0.3) is 0 Å². The van der Waals surface area contributed by atoms with Crippen molar-refractivity contribution >= 4 is 17.5 Å². The molecular weight excluding hydrogens is 375 g/mol. The van der Waals surface area contributed by atoms with Gasteiger partial charge in [0.15, 0.2) is 11.5 Å². The maximum absolute atomic E-state index is 14.0. The van der Waals surface area contributed by atoms with Crippen LogP contribution in [-0.2, 0) is 16.0 Å². The molecule has 2 aromatic carbocycles. The number of nitrogens with zero attached hydrogens (tertiary/aromatic N) is 2. The van der Waals surface area contributed by atoms with E-state index in [1.54, 1.807) is 44.4 Å². The number of carbonyl (C=O) groups excluding carboxylic acids is 2. The van der Waals surface area contributed by atoms with Gasteiger partial charge in [0.1, 0.15) is 5.82 Å². The van der Waals surface area contributed by atoms with Crippen molar-refractivity contribution in [1.29, 1.82) is 0 Å². The SMILES string of the molecule is COc1ccc(CCN(C)C(=O)C2CC(=O)N(c3ccccc3F)C2)cc1OC. The van der Waals surface area contributed by atoms with Gasteiger partial charge in [-0.05, 0) is 36.2 Å². The summed E-state index contributed by atoms with van der Waals surface area (Å²) in [6.45, 7) is 0.692. The molecule has 0 saturated carbocycles. The van der Waals surface area contributed by atoms with Gasteiger partial charge in [-0.1, -0.05) is 18.2 Å². The molecule has 1 unspecified atom stereocenters. The first-order valence-electron chi connectivity index (χ1n) is 9.45. The van der Waals surface area contributed by atoms with Crippen LogP contribution in [0.5, 0.6) is 11.5 Å². The molecule has 0 aromatic heterocycles. The number of rotatable bonds is 7. The zero-order chi connectivity index (χ0) is 21.0. The van der Waals surface area contributed by atoms with Crippen LogP contribution in [0.3, 0.4) is 0 Å². The van der Waals surface area contributed by atoms with Crippen molar-refractivity contribution in [2.45, 2.75) is 12.8 Å². The number of hydrogen-bond acceptors (Lipinski definition) is 4. The summed E-state index contributed by atoms with van der Waals surface area (Å²) < 4.78 is 24.6. The zero-order valence-corrected chi connectivity index (χ0v) is 16.9. The Kier molecular flexibility index (Phi) is 6.36. The third kappa shape index (κ3) is 4.50. The lowest BCUT2D eigenvalue weighted by Crippen LogP contribution is -2.36. The number of likely N-dealkylation sites (N-methyl/N-ethyl adjacent to an activating group) is 1. The van der Waals surface area contributed by atoms with Crippen LogP contribution in [0.4, 0.5) is 10.1 Å². The van der Waals surface area contributed by atoms with E-state index in [4.69, 9.17) is 9.47 Å². The minimum atomic E-state index is -0.475. The predicted molar refractivity (Wildman–Crippen MR) is 108 cm³/mol. The molecule has 1 atom stereocenters. The van der Waals surface area contributed by atoms with E-state index in [9.17, 15) is 14.0 Å². The van der Waals surface area contributed by atoms with Gasteiger partial charge in [-0.15, -0.1) is 0 Å². The fraction of sp³-hybridized carbons (Fsp3) is 0.364. The Bertz CT molecular complexity index is 902. The van der Waals surface area contributed by atoms with Gasteiger partial charge in [0.25, 0.3) is 0 Å². The Morgan fingerprint density at radius 2 is 1.90 bits per heavy atom. The topological polar surface area (TPSA) is 59.1 Å². The van der Waals surface area contributed by atoms with Crippen molar-refractivity contribution in [3.63, 3.8) is 0 Å². The summed E-state index contributed by atoms with van der Waals surface area (Å²) in [5.74, 6) is 0.00644. The second-order valence-electron chi connectivity index (χ2n) is 7.06. The Morgan fingerprint density at radius 3 is 2.59 bits per heavy atom. The number of methoxy groups -OCH3 is 2. The van der Waals surface area contributed by atoms with Crippen LogP contribution >= 0.6 is 0 Å². The average Bonchev–Trinajstić information content (AvgIpc) is 3.12. The van der Waals surface area contributed by atoms with Crippen molar-refractivity contribution < 1.29 is 23.5 Å². The Hall–Kier alpha value is -3.09. The number of benzene rings is 2. The number of halogens is 1. The van der Waals surface area contributed by atoms with E-state index >= 15 is 0 Å². The van der Waals surface area contributed by atoms with Gasteiger partial charge < -0.3 is 19.3 Å². The molecule has 6 nitrogen and oxygen atoms in total. The van der Waals surface area contributed by atoms with Gasteiger partial charge in [0, 0.05) is 26.6 Å². The van der Waals surface area contributed by atoms with Crippen molar-refractivity contribution in [3.05, 3.63) is 53.8 Å². The summed E-state index contributed by atoms with van der Waals surface area (Å²) in [4.78, 5) is 28.1. The number of anilines is 1. The molecular formula is C22H25FN2O4. The lowest BCUT2D eigenvalue weighted by Gasteiger charge is -2.22.